The first-order valence-corrected chi connectivity index (χ1v) is 9.48. The van der Waals surface area contributed by atoms with Crippen molar-refractivity contribution < 1.29 is 17.7 Å². The zero-order valence-corrected chi connectivity index (χ0v) is 14.9. The maximum absolute atomic E-state index is 12.8. The molecule has 1 aliphatic heterocycles. The molecule has 25 heavy (non-hydrogen) atoms. The third-order valence-corrected chi connectivity index (χ3v) is 6.40. The number of nitrogens with zero attached hydrogens (tertiary/aromatic N) is 3. The van der Waals surface area contributed by atoms with Crippen LogP contribution in [0.5, 0.6) is 0 Å². The zero-order valence-electron chi connectivity index (χ0n) is 14.1. The fourth-order valence-electron chi connectivity index (χ4n) is 2.97. The standard InChI is InChI=1S/C16H20N4O4S/c1-11-15(12(2)24-19-11)25(22,23)20-9-6-13(7-10-20)18-16(21)14-5-3-4-8-17-14/h3-5,8,13H,6-7,9-10H2,1-2H3,(H,18,21). The molecule has 1 fully saturated rings. The molecule has 0 spiro atoms. The molecule has 0 bridgehead atoms. The molecule has 9 heteroatoms. The highest BCUT2D eigenvalue weighted by Crippen LogP contribution is 2.25. The summed E-state index contributed by atoms with van der Waals surface area (Å²) in [5.41, 5.74) is 0.719. The summed E-state index contributed by atoms with van der Waals surface area (Å²) in [6.07, 6.45) is 2.65. The number of aryl methyl sites for hydroxylation is 2. The summed E-state index contributed by atoms with van der Waals surface area (Å²) in [5.74, 6) is 0.0516. The number of pyridine rings is 1. The number of amides is 1. The molecule has 0 radical (unpaired) electrons. The predicted octanol–water partition coefficient (Wildman–Crippen LogP) is 1.27. The van der Waals surface area contributed by atoms with Gasteiger partial charge in [-0.1, -0.05) is 11.2 Å². The summed E-state index contributed by atoms with van der Waals surface area (Å²) < 4.78 is 31.9. The van der Waals surface area contributed by atoms with Crippen molar-refractivity contribution in [2.24, 2.45) is 0 Å². The van der Waals surface area contributed by atoms with Gasteiger partial charge in [0.15, 0.2) is 5.76 Å². The van der Waals surface area contributed by atoms with Crippen molar-refractivity contribution in [3.05, 3.63) is 41.5 Å². The highest BCUT2D eigenvalue weighted by Gasteiger charge is 2.34. The van der Waals surface area contributed by atoms with E-state index in [1.54, 1.807) is 38.2 Å². The number of carbonyl (C=O) groups excluding carboxylic acids is 1. The van der Waals surface area contributed by atoms with Gasteiger partial charge in [-0.15, -0.1) is 0 Å². The Hall–Kier alpha value is -2.26. The number of piperidine rings is 1. The minimum absolute atomic E-state index is 0.0781. The Bertz CT molecular complexity index is 836. The summed E-state index contributed by atoms with van der Waals surface area (Å²) >= 11 is 0. The van der Waals surface area contributed by atoms with Crippen molar-refractivity contribution in [1.29, 1.82) is 0 Å². The Morgan fingerprint density at radius 3 is 2.56 bits per heavy atom. The van der Waals surface area contributed by atoms with Crippen molar-refractivity contribution in [2.45, 2.75) is 37.6 Å². The van der Waals surface area contributed by atoms with Gasteiger partial charge in [0.25, 0.3) is 5.91 Å². The molecule has 134 valence electrons. The number of nitrogens with one attached hydrogen (secondary N) is 1. The number of hydrogen-bond acceptors (Lipinski definition) is 6. The fourth-order valence-corrected chi connectivity index (χ4v) is 4.73. The van der Waals surface area contributed by atoms with Gasteiger partial charge in [0.2, 0.25) is 10.0 Å². The van der Waals surface area contributed by atoms with E-state index < -0.39 is 10.0 Å². The van der Waals surface area contributed by atoms with Gasteiger partial charge in [-0.25, -0.2) is 8.42 Å². The highest BCUT2D eigenvalue weighted by molar-refractivity contribution is 7.89. The Morgan fingerprint density at radius 1 is 1.28 bits per heavy atom. The van der Waals surface area contributed by atoms with Crippen LogP contribution in [-0.4, -0.2) is 47.9 Å². The average molecular weight is 364 g/mol. The van der Waals surface area contributed by atoms with Crippen molar-refractivity contribution in [3.63, 3.8) is 0 Å². The van der Waals surface area contributed by atoms with Crippen LogP contribution in [0.3, 0.4) is 0 Å². The van der Waals surface area contributed by atoms with Crippen molar-refractivity contribution in [3.8, 4) is 0 Å². The maximum atomic E-state index is 12.8. The van der Waals surface area contributed by atoms with Crippen LogP contribution in [0.25, 0.3) is 0 Å². The molecule has 1 saturated heterocycles. The first-order valence-electron chi connectivity index (χ1n) is 8.04. The lowest BCUT2D eigenvalue weighted by Crippen LogP contribution is -2.46. The van der Waals surface area contributed by atoms with Crippen LogP contribution in [-0.2, 0) is 10.0 Å². The lowest BCUT2D eigenvalue weighted by Gasteiger charge is -2.31. The van der Waals surface area contributed by atoms with Crippen LogP contribution in [0.4, 0.5) is 0 Å². The highest BCUT2D eigenvalue weighted by atomic mass is 32.2. The van der Waals surface area contributed by atoms with Crippen molar-refractivity contribution >= 4 is 15.9 Å². The van der Waals surface area contributed by atoms with Gasteiger partial charge in [-0.05, 0) is 38.8 Å². The Balaban J connectivity index is 1.63. The second kappa shape index (κ2) is 6.93. The van der Waals surface area contributed by atoms with E-state index in [0.29, 0.717) is 43.1 Å². The van der Waals surface area contributed by atoms with E-state index in [4.69, 9.17) is 4.52 Å². The third kappa shape index (κ3) is 3.57. The lowest BCUT2D eigenvalue weighted by atomic mass is 10.1. The lowest BCUT2D eigenvalue weighted by molar-refractivity contribution is 0.0919. The molecule has 1 N–H and O–H groups in total. The first-order chi connectivity index (χ1) is 11.9. The number of aromatic nitrogens is 2. The minimum Gasteiger partial charge on any atom is -0.360 e. The molecule has 0 unspecified atom stereocenters. The van der Waals surface area contributed by atoms with Crippen LogP contribution >= 0.6 is 0 Å². The van der Waals surface area contributed by atoms with Crippen LogP contribution in [0.2, 0.25) is 0 Å². The molecule has 8 nitrogen and oxygen atoms in total. The molecule has 1 amide bonds. The third-order valence-electron chi connectivity index (χ3n) is 4.25. The largest absolute Gasteiger partial charge is 0.360 e. The van der Waals surface area contributed by atoms with E-state index in [2.05, 4.69) is 15.5 Å². The van der Waals surface area contributed by atoms with Gasteiger partial charge in [-0.3, -0.25) is 9.78 Å². The summed E-state index contributed by atoms with van der Waals surface area (Å²) in [7, 11) is -3.63. The second-order valence-electron chi connectivity index (χ2n) is 6.02. The predicted molar refractivity (Wildman–Crippen MR) is 89.5 cm³/mol. The van der Waals surface area contributed by atoms with Crippen molar-refractivity contribution in [2.75, 3.05) is 13.1 Å². The van der Waals surface area contributed by atoms with E-state index in [1.165, 1.54) is 4.31 Å². The van der Waals surface area contributed by atoms with E-state index in [0.717, 1.165) is 0 Å². The van der Waals surface area contributed by atoms with Gasteiger partial charge in [-0.2, -0.15) is 4.31 Å². The molecule has 3 heterocycles. The van der Waals surface area contributed by atoms with E-state index >= 15 is 0 Å². The van der Waals surface area contributed by atoms with E-state index in [9.17, 15) is 13.2 Å². The molecule has 0 saturated carbocycles. The van der Waals surface area contributed by atoms with Crippen LogP contribution in [0.15, 0.2) is 33.8 Å². The molecular weight excluding hydrogens is 344 g/mol. The maximum Gasteiger partial charge on any atom is 0.270 e. The molecule has 0 aliphatic carbocycles. The molecule has 1 aliphatic rings. The topological polar surface area (TPSA) is 105 Å². The van der Waals surface area contributed by atoms with Crippen molar-refractivity contribution in [1.82, 2.24) is 19.8 Å². The summed E-state index contributed by atoms with van der Waals surface area (Å²) in [5, 5.41) is 6.63. The molecular formula is C16H20N4O4S. The number of rotatable bonds is 4. The molecule has 2 aromatic rings. The normalized spacial score (nSPS) is 16.7. The Labute approximate surface area is 146 Å². The molecule has 2 aromatic heterocycles. The van der Waals surface area contributed by atoms with E-state index in [1.807, 2.05) is 0 Å². The molecule has 0 atom stereocenters. The second-order valence-corrected chi connectivity index (χ2v) is 7.89. The zero-order chi connectivity index (χ0) is 18.0. The van der Waals surface area contributed by atoms with Crippen LogP contribution in [0.1, 0.15) is 34.8 Å². The Morgan fingerprint density at radius 2 is 2.00 bits per heavy atom. The van der Waals surface area contributed by atoms with Gasteiger partial charge in [0.1, 0.15) is 16.3 Å². The SMILES string of the molecule is Cc1noc(C)c1S(=O)(=O)N1CCC(NC(=O)c2ccccn2)CC1. The number of carbonyl (C=O) groups is 1. The van der Waals surface area contributed by atoms with Crippen LogP contribution < -0.4 is 5.32 Å². The summed E-state index contributed by atoms with van der Waals surface area (Å²) in [6.45, 7) is 3.87. The van der Waals surface area contributed by atoms with Gasteiger partial charge >= 0.3 is 0 Å². The summed E-state index contributed by atoms with van der Waals surface area (Å²) in [4.78, 5) is 16.3. The van der Waals surface area contributed by atoms with Crippen LogP contribution in [0, 0.1) is 13.8 Å². The smallest absolute Gasteiger partial charge is 0.270 e. The van der Waals surface area contributed by atoms with Gasteiger partial charge in [0.05, 0.1) is 0 Å². The Kier molecular flexibility index (Phi) is 4.87. The molecule has 3 rings (SSSR count). The van der Waals surface area contributed by atoms with E-state index in [-0.39, 0.29) is 16.8 Å². The quantitative estimate of drug-likeness (QED) is 0.876. The molecule has 0 aromatic carbocycles. The number of hydrogen-bond donors (Lipinski definition) is 1. The van der Waals surface area contributed by atoms with Gasteiger partial charge < -0.3 is 9.84 Å². The monoisotopic (exact) mass is 364 g/mol. The minimum atomic E-state index is -3.63. The fraction of sp³-hybridized carbons (Fsp3) is 0.438. The number of sulfonamides is 1. The first kappa shape index (κ1) is 17.6. The van der Waals surface area contributed by atoms with Gasteiger partial charge in [0, 0.05) is 25.3 Å². The average Bonchev–Trinajstić information content (AvgIpc) is 2.95. The summed E-state index contributed by atoms with van der Waals surface area (Å²) in [6, 6.07) is 5.06.